The second kappa shape index (κ2) is 16.8. The first-order valence-corrected chi connectivity index (χ1v) is 15.6. The van der Waals surface area contributed by atoms with Gasteiger partial charge in [-0.3, -0.25) is 19.4 Å². The fraction of sp³-hybridized carbons (Fsp3) is 0.933. The van der Waals surface area contributed by atoms with E-state index in [4.69, 9.17) is 0 Å². The van der Waals surface area contributed by atoms with Crippen molar-refractivity contribution in [3.8, 4) is 0 Å². The maximum absolute atomic E-state index is 11.9. The van der Waals surface area contributed by atoms with E-state index in [1.807, 2.05) is 41.5 Å². The van der Waals surface area contributed by atoms with Crippen molar-refractivity contribution in [3.63, 3.8) is 0 Å². The predicted octanol–water partition coefficient (Wildman–Crippen LogP) is 2.79. The summed E-state index contributed by atoms with van der Waals surface area (Å²) in [5.74, 6) is 0.939. The maximum Gasteiger partial charge on any atom is 0.225 e. The van der Waals surface area contributed by atoms with E-state index in [0.29, 0.717) is 23.9 Å². The van der Waals surface area contributed by atoms with Gasteiger partial charge in [0.25, 0.3) is 0 Å². The summed E-state index contributed by atoms with van der Waals surface area (Å²) < 4.78 is 0. The fourth-order valence-corrected chi connectivity index (χ4v) is 6.01. The molecular formula is C30H60N6O2. The molecule has 4 fully saturated rings. The third-order valence-corrected chi connectivity index (χ3v) is 8.65. The molecule has 0 N–H and O–H groups in total. The summed E-state index contributed by atoms with van der Waals surface area (Å²) in [5, 5.41) is 0. The summed E-state index contributed by atoms with van der Waals surface area (Å²) in [7, 11) is 4.39. The molecule has 0 atom stereocenters. The second-order valence-corrected chi connectivity index (χ2v) is 12.1. The summed E-state index contributed by atoms with van der Waals surface area (Å²) in [6.07, 6.45) is 4.62. The molecule has 4 saturated heterocycles. The highest BCUT2D eigenvalue weighted by Crippen LogP contribution is 2.20. The van der Waals surface area contributed by atoms with Crippen LogP contribution in [0.3, 0.4) is 0 Å². The summed E-state index contributed by atoms with van der Waals surface area (Å²) in [6.45, 7) is 25.3. The summed E-state index contributed by atoms with van der Waals surface area (Å²) in [5.41, 5.74) is 0. The van der Waals surface area contributed by atoms with Crippen molar-refractivity contribution in [2.75, 3.05) is 92.6 Å². The van der Waals surface area contributed by atoms with Gasteiger partial charge >= 0.3 is 0 Å². The highest BCUT2D eigenvalue weighted by molar-refractivity contribution is 5.78. The number of piperidine rings is 2. The normalized spacial score (nSPS) is 23.6. The molecule has 8 heteroatoms. The average molecular weight is 537 g/mol. The lowest BCUT2D eigenvalue weighted by molar-refractivity contribution is -0.136. The van der Waals surface area contributed by atoms with Crippen molar-refractivity contribution in [1.29, 1.82) is 0 Å². The van der Waals surface area contributed by atoms with E-state index >= 15 is 0 Å². The monoisotopic (exact) mass is 536 g/mol. The fourth-order valence-electron chi connectivity index (χ4n) is 6.01. The molecule has 0 aromatic carbocycles. The molecule has 4 aliphatic heterocycles. The Balaban J connectivity index is 0.000000251. The molecule has 0 saturated carbocycles. The molecule has 0 aromatic heterocycles. The van der Waals surface area contributed by atoms with Crippen LogP contribution in [0.4, 0.5) is 0 Å². The van der Waals surface area contributed by atoms with Crippen LogP contribution in [0.15, 0.2) is 0 Å². The van der Waals surface area contributed by atoms with Gasteiger partial charge < -0.3 is 19.6 Å². The van der Waals surface area contributed by atoms with Crippen LogP contribution in [0.25, 0.3) is 0 Å². The number of carbonyl (C=O) groups excluding carboxylic acids is 2. The van der Waals surface area contributed by atoms with Crippen LogP contribution in [-0.4, -0.2) is 146 Å². The van der Waals surface area contributed by atoms with Crippen LogP contribution in [0.5, 0.6) is 0 Å². The van der Waals surface area contributed by atoms with Gasteiger partial charge in [0.2, 0.25) is 11.8 Å². The molecule has 0 bridgehead atoms. The van der Waals surface area contributed by atoms with Crippen molar-refractivity contribution in [3.05, 3.63) is 0 Å². The standard InChI is InChI=1S/2C14H27N3O.C2H6/c2*1-12(2)14(18)17-6-4-13(5-7-17)16-10-8-15(3)9-11-16;1-2/h2*12-13H,4-11H2,1-3H3;1-2H3. The predicted molar refractivity (Wildman–Crippen MR) is 158 cm³/mol. The first kappa shape index (κ1) is 33.0. The Labute approximate surface area is 234 Å². The quantitative estimate of drug-likeness (QED) is 0.551. The van der Waals surface area contributed by atoms with Gasteiger partial charge in [0.05, 0.1) is 0 Å². The van der Waals surface area contributed by atoms with E-state index < -0.39 is 0 Å². The van der Waals surface area contributed by atoms with Crippen LogP contribution in [0, 0.1) is 11.8 Å². The van der Waals surface area contributed by atoms with Gasteiger partial charge in [-0.2, -0.15) is 0 Å². The number of likely N-dealkylation sites (tertiary alicyclic amines) is 2. The molecule has 0 spiro atoms. The number of piperazine rings is 2. The highest BCUT2D eigenvalue weighted by atomic mass is 16.2. The van der Waals surface area contributed by atoms with Crippen molar-refractivity contribution >= 4 is 11.8 Å². The molecule has 2 amide bonds. The number of carbonyl (C=O) groups is 2. The third kappa shape index (κ3) is 10.1. The molecule has 0 unspecified atom stereocenters. The van der Waals surface area contributed by atoms with Crippen LogP contribution in [-0.2, 0) is 9.59 Å². The van der Waals surface area contributed by atoms with E-state index in [0.717, 1.165) is 51.9 Å². The number of likely N-dealkylation sites (N-methyl/N-ethyl adjacent to an activating group) is 2. The minimum Gasteiger partial charge on any atom is -0.342 e. The van der Waals surface area contributed by atoms with Crippen molar-refractivity contribution in [2.45, 2.75) is 79.3 Å². The Kier molecular flexibility index (Phi) is 14.6. The molecule has 0 aliphatic carbocycles. The zero-order valence-electron chi connectivity index (χ0n) is 26.1. The zero-order valence-corrected chi connectivity index (χ0v) is 26.1. The summed E-state index contributed by atoms with van der Waals surface area (Å²) in [4.78, 5) is 38.0. The van der Waals surface area contributed by atoms with Gasteiger partial charge in [-0.15, -0.1) is 0 Å². The van der Waals surface area contributed by atoms with Gasteiger partial charge in [0.15, 0.2) is 0 Å². The maximum atomic E-state index is 11.9. The van der Waals surface area contributed by atoms with Gasteiger partial charge in [-0.25, -0.2) is 0 Å². The largest absolute Gasteiger partial charge is 0.342 e. The lowest BCUT2D eigenvalue weighted by atomic mass is 10.0. The lowest BCUT2D eigenvalue weighted by Crippen LogP contribution is -2.53. The molecule has 222 valence electrons. The molecule has 38 heavy (non-hydrogen) atoms. The van der Waals surface area contributed by atoms with Crippen LogP contribution >= 0.6 is 0 Å². The SMILES string of the molecule is CC.CC(C)C(=O)N1CCC(N2CCN(C)CC2)CC1.CC(C)C(=O)N1CCC(N2CCN(C)CC2)CC1. The molecular weight excluding hydrogens is 476 g/mol. The van der Waals surface area contributed by atoms with Crippen LogP contribution in [0.1, 0.15) is 67.2 Å². The van der Waals surface area contributed by atoms with Crippen LogP contribution in [0.2, 0.25) is 0 Å². The molecule has 8 nitrogen and oxygen atoms in total. The van der Waals surface area contributed by atoms with Gasteiger partial charge in [-0.05, 0) is 39.8 Å². The molecule has 4 heterocycles. The van der Waals surface area contributed by atoms with E-state index in [1.165, 1.54) is 52.4 Å². The van der Waals surface area contributed by atoms with Gasteiger partial charge in [-0.1, -0.05) is 41.5 Å². The van der Waals surface area contributed by atoms with Crippen molar-refractivity contribution < 1.29 is 9.59 Å². The van der Waals surface area contributed by atoms with E-state index in [9.17, 15) is 9.59 Å². The molecule has 4 aliphatic rings. The van der Waals surface area contributed by atoms with Gasteiger partial charge in [0, 0.05) is 102 Å². The first-order chi connectivity index (χ1) is 18.2. The zero-order chi connectivity index (χ0) is 28.2. The lowest BCUT2D eigenvalue weighted by Gasteiger charge is -2.42. The third-order valence-electron chi connectivity index (χ3n) is 8.65. The Morgan fingerprint density at radius 2 is 0.763 bits per heavy atom. The number of rotatable bonds is 4. The smallest absolute Gasteiger partial charge is 0.225 e. The number of hydrogen-bond donors (Lipinski definition) is 0. The van der Waals surface area contributed by atoms with Crippen molar-refractivity contribution in [1.82, 2.24) is 29.4 Å². The number of hydrogen-bond acceptors (Lipinski definition) is 6. The summed E-state index contributed by atoms with van der Waals surface area (Å²) >= 11 is 0. The Morgan fingerprint density at radius 3 is 1.00 bits per heavy atom. The number of amides is 2. The van der Waals surface area contributed by atoms with Gasteiger partial charge in [0.1, 0.15) is 0 Å². The van der Waals surface area contributed by atoms with E-state index in [1.54, 1.807) is 0 Å². The topological polar surface area (TPSA) is 53.6 Å². The Hall–Kier alpha value is -1.22. The minimum atomic E-state index is 0.144. The molecule has 0 radical (unpaired) electrons. The van der Waals surface area contributed by atoms with Crippen LogP contribution < -0.4 is 0 Å². The number of nitrogens with zero attached hydrogens (tertiary/aromatic N) is 6. The Bertz CT molecular complexity index is 612. The Morgan fingerprint density at radius 1 is 0.500 bits per heavy atom. The second-order valence-electron chi connectivity index (χ2n) is 12.1. The minimum absolute atomic E-state index is 0.144. The van der Waals surface area contributed by atoms with E-state index in [2.05, 4.69) is 43.5 Å². The average Bonchev–Trinajstić information content (AvgIpc) is 2.94. The summed E-state index contributed by atoms with van der Waals surface area (Å²) in [6, 6.07) is 1.41. The molecule has 0 aromatic rings. The first-order valence-electron chi connectivity index (χ1n) is 15.6. The highest BCUT2D eigenvalue weighted by Gasteiger charge is 2.30. The van der Waals surface area contributed by atoms with E-state index in [-0.39, 0.29) is 11.8 Å². The van der Waals surface area contributed by atoms with Crippen molar-refractivity contribution in [2.24, 2.45) is 11.8 Å². The molecule has 4 rings (SSSR count).